The van der Waals surface area contributed by atoms with E-state index in [0.717, 1.165) is 5.56 Å². The van der Waals surface area contributed by atoms with E-state index in [1.807, 2.05) is 42.2 Å². The second-order valence-corrected chi connectivity index (χ2v) is 9.95. The molecule has 2 heterocycles. The largest absolute Gasteiger partial charge is 0.353 e. The molecule has 0 saturated carbocycles. The summed E-state index contributed by atoms with van der Waals surface area (Å²) in [6.07, 6.45) is 0. The molecule has 1 atom stereocenters. The number of nitrogens with one attached hydrogen (secondary N) is 1. The van der Waals surface area contributed by atoms with Crippen molar-refractivity contribution in [3.8, 4) is 0 Å². The van der Waals surface area contributed by atoms with Crippen LogP contribution in [0, 0.1) is 0 Å². The van der Waals surface area contributed by atoms with Gasteiger partial charge in [-0.3, -0.25) is 9.59 Å². The molecule has 0 spiro atoms. The van der Waals surface area contributed by atoms with Crippen LogP contribution < -0.4 is 10.2 Å². The number of amides is 2. The van der Waals surface area contributed by atoms with Crippen LogP contribution in [-0.2, 0) is 11.3 Å². The second kappa shape index (κ2) is 11.7. The van der Waals surface area contributed by atoms with Crippen LogP contribution in [0.4, 0.5) is 5.82 Å². The van der Waals surface area contributed by atoms with Gasteiger partial charge in [-0.25, -0.2) is 9.97 Å². The summed E-state index contributed by atoms with van der Waals surface area (Å²) in [7, 11) is 0. The first kappa shape index (κ1) is 25.3. The molecule has 1 unspecified atom stereocenters. The maximum Gasteiger partial charge on any atom is 0.254 e. The molecule has 182 valence electrons. The lowest BCUT2D eigenvalue weighted by Crippen LogP contribution is -2.54. The van der Waals surface area contributed by atoms with Gasteiger partial charge < -0.3 is 15.1 Å². The van der Waals surface area contributed by atoms with E-state index in [4.69, 9.17) is 23.2 Å². The van der Waals surface area contributed by atoms with Crippen LogP contribution in [0.2, 0.25) is 10.2 Å². The minimum absolute atomic E-state index is 0.0210. The third kappa shape index (κ3) is 6.87. The van der Waals surface area contributed by atoms with Crippen LogP contribution in [0.3, 0.4) is 0 Å². The number of anilines is 1. The van der Waals surface area contributed by atoms with Crippen molar-refractivity contribution in [2.75, 3.05) is 30.3 Å². The molecular weight excluding hydrogens is 505 g/mol. The highest BCUT2D eigenvalue weighted by Gasteiger charge is 2.29. The van der Waals surface area contributed by atoms with Crippen molar-refractivity contribution in [1.29, 1.82) is 0 Å². The van der Waals surface area contributed by atoms with Gasteiger partial charge in [-0.15, -0.1) is 0 Å². The van der Waals surface area contributed by atoms with Gasteiger partial charge in [0.2, 0.25) is 5.91 Å². The number of nitrogens with zero attached hydrogens (tertiary/aromatic N) is 4. The zero-order chi connectivity index (χ0) is 24.8. The van der Waals surface area contributed by atoms with Crippen molar-refractivity contribution in [3.05, 3.63) is 82.0 Å². The Hall–Kier alpha value is -2.81. The molecule has 1 aliphatic heterocycles. The maximum atomic E-state index is 12.9. The summed E-state index contributed by atoms with van der Waals surface area (Å²) in [5, 5.41) is 4.25. The number of hydrogen-bond donors (Lipinski definition) is 1. The van der Waals surface area contributed by atoms with Gasteiger partial charge in [0.1, 0.15) is 11.0 Å². The molecule has 1 fully saturated rings. The van der Waals surface area contributed by atoms with E-state index in [2.05, 4.69) is 20.2 Å². The SMILES string of the molecule is CC1CN(c2cc(Cl)nc(SCC(=O)NCc3ccccc3)n2)CCN1C(=O)c1ccc(Cl)cc1. The van der Waals surface area contributed by atoms with E-state index in [0.29, 0.717) is 52.9 Å². The van der Waals surface area contributed by atoms with Crippen LogP contribution in [0.1, 0.15) is 22.8 Å². The van der Waals surface area contributed by atoms with Gasteiger partial charge >= 0.3 is 0 Å². The van der Waals surface area contributed by atoms with E-state index < -0.39 is 0 Å². The summed E-state index contributed by atoms with van der Waals surface area (Å²) < 4.78 is 0. The Bertz CT molecular complexity index is 1180. The fraction of sp³-hybridized carbons (Fsp3) is 0.280. The first-order chi connectivity index (χ1) is 16.9. The molecule has 1 N–H and O–H groups in total. The molecule has 1 aliphatic rings. The molecule has 2 aromatic carbocycles. The first-order valence-corrected chi connectivity index (χ1v) is 12.9. The fourth-order valence-electron chi connectivity index (χ4n) is 3.82. The number of aromatic nitrogens is 2. The summed E-state index contributed by atoms with van der Waals surface area (Å²) in [6, 6.07) is 18.4. The Labute approximate surface area is 218 Å². The lowest BCUT2D eigenvalue weighted by Gasteiger charge is -2.40. The zero-order valence-electron chi connectivity index (χ0n) is 19.2. The van der Waals surface area contributed by atoms with E-state index in [1.165, 1.54) is 11.8 Å². The van der Waals surface area contributed by atoms with Gasteiger partial charge in [-0.05, 0) is 36.8 Å². The average molecular weight is 530 g/mol. The first-order valence-electron chi connectivity index (χ1n) is 11.2. The van der Waals surface area contributed by atoms with Crippen LogP contribution in [0.15, 0.2) is 65.8 Å². The third-order valence-electron chi connectivity index (χ3n) is 5.63. The summed E-state index contributed by atoms with van der Waals surface area (Å²) in [5.74, 6) is 0.744. The number of rotatable bonds is 7. The number of hydrogen-bond acceptors (Lipinski definition) is 6. The Morgan fingerprint density at radius 3 is 2.51 bits per heavy atom. The predicted octanol–water partition coefficient (Wildman–Crippen LogP) is 4.54. The molecule has 7 nitrogen and oxygen atoms in total. The van der Waals surface area contributed by atoms with Crippen LogP contribution >= 0.6 is 35.0 Å². The minimum Gasteiger partial charge on any atom is -0.353 e. The van der Waals surface area contributed by atoms with Gasteiger partial charge in [0.05, 0.1) is 5.75 Å². The van der Waals surface area contributed by atoms with Crippen molar-refractivity contribution in [1.82, 2.24) is 20.2 Å². The van der Waals surface area contributed by atoms with Crippen LogP contribution in [-0.4, -0.2) is 58.1 Å². The summed E-state index contributed by atoms with van der Waals surface area (Å²) in [5.41, 5.74) is 1.65. The summed E-state index contributed by atoms with van der Waals surface area (Å²) in [4.78, 5) is 38.0. The number of halogens is 2. The Kier molecular flexibility index (Phi) is 8.49. The molecule has 3 aromatic rings. The smallest absolute Gasteiger partial charge is 0.254 e. The standard InChI is InChI=1S/C25H25Cl2N5O2S/c1-17-15-31(11-12-32(17)24(34)19-7-9-20(26)10-8-19)22-13-21(27)29-25(30-22)35-16-23(33)28-14-18-5-3-2-4-6-18/h2-10,13,17H,11-12,14-16H2,1H3,(H,28,33). The Balaban J connectivity index is 1.34. The van der Waals surface area contributed by atoms with Crippen molar-refractivity contribution in [2.45, 2.75) is 24.7 Å². The molecule has 1 aromatic heterocycles. The molecule has 0 radical (unpaired) electrons. The van der Waals surface area contributed by atoms with Crippen molar-refractivity contribution < 1.29 is 9.59 Å². The molecule has 0 aliphatic carbocycles. The van der Waals surface area contributed by atoms with E-state index >= 15 is 0 Å². The van der Waals surface area contributed by atoms with Gasteiger partial charge in [0.15, 0.2) is 5.16 Å². The van der Waals surface area contributed by atoms with Gasteiger partial charge in [-0.2, -0.15) is 0 Å². The number of piperazine rings is 1. The third-order valence-corrected chi connectivity index (χ3v) is 6.92. The van der Waals surface area contributed by atoms with E-state index in [-0.39, 0.29) is 23.6 Å². The number of carbonyl (C=O) groups excluding carboxylic acids is 2. The number of benzene rings is 2. The molecule has 4 rings (SSSR count). The van der Waals surface area contributed by atoms with Crippen LogP contribution in [0.5, 0.6) is 0 Å². The number of carbonyl (C=O) groups is 2. The lowest BCUT2D eigenvalue weighted by molar-refractivity contribution is -0.118. The average Bonchev–Trinajstić information content (AvgIpc) is 2.86. The van der Waals surface area contributed by atoms with Crippen molar-refractivity contribution >= 4 is 52.6 Å². The number of thioether (sulfide) groups is 1. The highest BCUT2D eigenvalue weighted by Crippen LogP contribution is 2.25. The van der Waals surface area contributed by atoms with E-state index in [9.17, 15) is 9.59 Å². The van der Waals surface area contributed by atoms with Crippen molar-refractivity contribution in [2.24, 2.45) is 0 Å². The highest BCUT2D eigenvalue weighted by atomic mass is 35.5. The molecule has 1 saturated heterocycles. The Morgan fingerprint density at radius 1 is 1.06 bits per heavy atom. The molecule has 35 heavy (non-hydrogen) atoms. The summed E-state index contributed by atoms with van der Waals surface area (Å²) >= 11 is 13.5. The normalized spacial score (nSPS) is 15.7. The predicted molar refractivity (Wildman–Crippen MR) is 140 cm³/mol. The van der Waals surface area contributed by atoms with E-state index in [1.54, 1.807) is 30.3 Å². The second-order valence-electron chi connectivity index (χ2n) is 8.18. The lowest BCUT2D eigenvalue weighted by atomic mass is 10.1. The molecular formula is C25H25Cl2N5O2S. The van der Waals surface area contributed by atoms with Gasteiger partial charge in [-0.1, -0.05) is 65.3 Å². The molecule has 10 heteroatoms. The minimum atomic E-state index is -0.105. The van der Waals surface area contributed by atoms with Crippen LogP contribution in [0.25, 0.3) is 0 Å². The molecule has 2 amide bonds. The maximum absolute atomic E-state index is 12.9. The monoisotopic (exact) mass is 529 g/mol. The summed E-state index contributed by atoms with van der Waals surface area (Å²) in [6.45, 7) is 4.25. The molecule has 0 bridgehead atoms. The topological polar surface area (TPSA) is 78.4 Å². The quantitative estimate of drug-likeness (QED) is 0.275. The van der Waals surface area contributed by atoms with Crippen molar-refractivity contribution in [3.63, 3.8) is 0 Å². The highest BCUT2D eigenvalue weighted by molar-refractivity contribution is 7.99. The van der Waals surface area contributed by atoms with Gasteiger partial charge in [0, 0.05) is 48.9 Å². The van der Waals surface area contributed by atoms with Gasteiger partial charge in [0.25, 0.3) is 5.91 Å². The fourth-order valence-corrected chi connectivity index (χ4v) is 4.85. The Morgan fingerprint density at radius 2 is 1.80 bits per heavy atom. The zero-order valence-corrected chi connectivity index (χ0v) is 21.5.